The van der Waals surface area contributed by atoms with Gasteiger partial charge >= 0.3 is 0 Å². The zero-order chi connectivity index (χ0) is 13.5. The van der Waals surface area contributed by atoms with Crippen LogP contribution in [-0.4, -0.2) is 17.3 Å². The molecule has 1 aromatic heterocycles. The van der Waals surface area contributed by atoms with Crippen molar-refractivity contribution in [3.05, 3.63) is 53.2 Å². The number of hydrogen-bond donors (Lipinski definition) is 1. The molecule has 0 bridgehead atoms. The fraction of sp³-hybridized carbons (Fsp3) is 0.214. The van der Waals surface area contributed by atoms with Gasteiger partial charge < -0.3 is 10.5 Å². The summed E-state index contributed by atoms with van der Waals surface area (Å²) in [6, 6.07) is 11.6. The van der Waals surface area contributed by atoms with Gasteiger partial charge in [-0.2, -0.15) is 0 Å². The molecule has 1 heterocycles. The molecule has 3 nitrogen and oxygen atoms in total. The maximum absolute atomic E-state index is 5.77. The molecule has 0 amide bonds. The number of thioether (sulfide) groups is 1. The first-order valence-electron chi connectivity index (χ1n) is 5.94. The monoisotopic (exact) mass is 294 g/mol. The third-order valence-corrected chi connectivity index (χ3v) is 3.57. The standard InChI is InChI=1S/C14H15ClN2OS/c15-12-4-5-14(17-10-12)19-7-6-18-13-3-1-2-11(8-13)9-16/h1-5,8,10H,6-7,9,16H2. The topological polar surface area (TPSA) is 48.1 Å². The van der Waals surface area contributed by atoms with Crippen LogP contribution in [0.25, 0.3) is 0 Å². The Morgan fingerprint density at radius 2 is 2.16 bits per heavy atom. The van der Waals surface area contributed by atoms with E-state index in [1.165, 1.54) is 0 Å². The molecule has 0 aliphatic rings. The van der Waals surface area contributed by atoms with Crippen molar-refractivity contribution in [2.24, 2.45) is 5.73 Å². The number of benzene rings is 1. The maximum Gasteiger partial charge on any atom is 0.119 e. The summed E-state index contributed by atoms with van der Waals surface area (Å²) in [5.41, 5.74) is 6.66. The second kappa shape index (κ2) is 7.38. The van der Waals surface area contributed by atoms with E-state index in [0.717, 1.165) is 22.1 Å². The number of hydrogen-bond acceptors (Lipinski definition) is 4. The van der Waals surface area contributed by atoms with Crippen molar-refractivity contribution in [2.75, 3.05) is 12.4 Å². The van der Waals surface area contributed by atoms with Gasteiger partial charge in [-0.1, -0.05) is 23.7 Å². The number of rotatable bonds is 6. The Bertz CT molecular complexity index is 519. The largest absolute Gasteiger partial charge is 0.493 e. The molecule has 2 N–H and O–H groups in total. The predicted octanol–water partition coefficient (Wildman–Crippen LogP) is 3.36. The lowest BCUT2D eigenvalue weighted by Crippen LogP contribution is -2.02. The van der Waals surface area contributed by atoms with Gasteiger partial charge in [0.25, 0.3) is 0 Å². The minimum Gasteiger partial charge on any atom is -0.493 e. The normalized spacial score (nSPS) is 10.4. The molecule has 0 atom stereocenters. The van der Waals surface area contributed by atoms with E-state index < -0.39 is 0 Å². The van der Waals surface area contributed by atoms with Crippen LogP contribution in [-0.2, 0) is 6.54 Å². The van der Waals surface area contributed by atoms with Crippen molar-refractivity contribution in [2.45, 2.75) is 11.6 Å². The van der Waals surface area contributed by atoms with Crippen LogP contribution >= 0.6 is 23.4 Å². The minimum atomic E-state index is 0.528. The van der Waals surface area contributed by atoms with Crippen molar-refractivity contribution in [1.82, 2.24) is 4.98 Å². The van der Waals surface area contributed by atoms with Crippen molar-refractivity contribution in [1.29, 1.82) is 0 Å². The van der Waals surface area contributed by atoms with Crippen LogP contribution in [0.5, 0.6) is 5.75 Å². The summed E-state index contributed by atoms with van der Waals surface area (Å²) in [4.78, 5) is 4.21. The molecule has 19 heavy (non-hydrogen) atoms. The van der Waals surface area contributed by atoms with Gasteiger partial charge in [-0.05, 0) is 29.8 Å². The van der Waals surface area contributed by atoms with E-state index in [1.54, 1.807) is 18.0 Å². The third kappa shape index (κ3) is 4.74. The SMILES string of the molecule is NCc1cccc(OCCSc2ccc(Cl)cn2)c1. The summed E-state index contributed by atoms with van der Waals surface area (Å²) in [7, 11) is 0. The summed E-state index contributed by atoms with van der Waals surface area (Å²) in [5.74, 6) is 1.69. The van der Waals surface area contributed by atoms with E-state index in [-0.39, 0.29) is 0 Å². The van der Waals surface area contributed by atoms with Crippen LogP contribution in [0.15, 0.2) is 47.6 Å². The van der Waals surface area contributed by atoms with Gasteiger partial charge in [0.2, 0.25) is 0 Å². The van der Waals surface area contributed by atoms with Gasteiger partial charge in [-0.15, -0.1) is 11.8 Å². The Kier molecular flexibility index (Phi) is 5.51. The highest BCUT2D eigenvalue weighted by atomic mass is 35.5. The summed E-state index contributed by atoms with van der Waals surface area (Å²) in [5, 5.41) is 1.60. The van der Waals surface area contributed by atoms with E-state index in [4.69, 9.17) is 22.1 Å². The summed E-state index contributed by atoms with van der Waals surface area (Å²) < 4.78 is 5.66. The highest BCUT2D eigenvalue weighted by Gasteiger charge is 1.98. The number of nitrogens with zero attached hydrogens (tertiary/aromatic N) is 1. The zero-order valence-electron chi connectivity index (χ0n) is 10.4. The molecule has 2 aromatic rings. The van der Waals surface area contributed by atoms with Gasteiger partial charge in [-0.25, -0.2) is 4.98 Å². The van der Waals surface area contributed by atoms with Crippen LogP contribution in [0, 0.1) is 0 Å². The van der Waals surface area contributed by atoms with Crippen molar-refractivity contribution < 1.29 is 4.74 Å². The van der Waals surface area contributed by atoms with Crippen molar-refractivity contribution in [3.8, 4) is 5.75 Å². The molecule has 0 fully saturated rings. The Balaban J connectivity index is 1.75. The van der Waals surface area contributed by atoms with Crippen molar-refractivity contribution >= 4 is 23.4 Å². The third-order valence-electron chi connectivity index (χ3n) is 2.44. The van der Waals surface area contributed by atoms with Gasteiger partial charge in [0.05, 0.1) is 16.7 Å². The average Bonchev–Trinajstić information content (AvgIpc) is 2.46. The molecule has 0 saturated carbocycles. The van der Waals surface area contributed by atoms with Gasteiger partial charge in [-0.3, -0.25) is 0 Å². The molecule has 2 rings (SSSR count). The van der Waals surface area contributed by atoms with Crippen LogP contribution in [0.2, 0.25) is 5.02 Å². The lowest BCUT2D eigenvalue weighted by molar-refractivity contribution is 0.343. The molecule has 0 saturated heterocycles. The number of pyridine rings is 1. The summed E-state index contributed by atoms with van der Waals surface area (Å²) >= 11 is 7.41. The van der Waals surface area contributed by atoms with Gasteiger partial charge in [0.1, 0.15) is 5.75 Å². The highest BCUT2D eigenvalue weighted by molar-refractivity contribution is 7.99. The molecular weight excluding hydrogens is 280 g/mol. The Morgan fingerprint density at radius 1 is 1.26 bits per heavy atom. The fourth-order valence-electron chi connectivity index (χ4n) is 1.52. The summed E-state index contributed by atoms with van der Waals surface area (Å²) in [6.07, 6.45) is 1.65. The van der Waals surface area contributed by atoms with Crippen LogP contribution in [0.4, 0.5) is 0 Å². The zero-order valence-corrected chi connectivity index (χ0v) is 12.0. The van der Waals surface area contributed by atoms with Gasteiger partial charge in [0, 0.05) is 18.5 Å². The average molecular weight is 295 g/mol. The second-order valence-corrected chi connectivity index (χ2v) is 5.41. The molecule has 5 heteroatoms. The highest BCUT2D eigenvalue weighted by Crippen LogP contribution is 2.18. The van der Waals surface area contributed by atoms with Crippen LogP contribution in [0.3, 0.4) is 0 Å². The lowest BCUT2D eigenvalue weighted by Gasteiger charge is -2.07. The van der Waals surface area contributed by atoms with Crippen LogP contribution < -0.4 is 10.5 Å². The van der Waals surface area contributed by atoms with E-state index in [2.05, 4.69) is 4.98 Å². The lowest BCUT2D eigenvalue weighted by atomic mass is 10.2. The molecular formula is C14H15ClN2OS. The molecule has 0 spiro atoms. The number of nitrogens with two attached hydrogens (primary N) is 1. The number of aromatic nitrogens is 1. The van der Waals surface area contributed by atoms with E-state index in [9.17, 15) is 0 Å². The van der Waals surface area contributed by atoms with E-state index >= 15 is 0 Å². The van der Waals surface area contributed by atoms with E-state index in [1.807, 2.05) is 36.4 Å². The maximum atomic E-state index is 5.77. The Labute approximate surface area is 122 Å². The van der Waals surface area contributed by atoms with E-state index in [0.29, 0.717) is 18.2 Å². The van der Waals surface area contributed by atoms with Crippen LogP contribution in [0.1, 0.15) is 5.56 Å². The number of ether oxygens (including phenoxy) is 1. The quantitative estimate of drug-likeness (QED) is 0.655. The fourth-order valence-corrected chi connectivity index (χ4v) is 2.29. The first-order valence-corrected chi connectivity index (χ1v) is 7.30. The van der Waals surface area contributed by atoms with Crippen molar-refractivity contribution in [3.63, 3.8) is 0 Å². The predicted molar refractivity (Wildman–Crippen MR) is 79.8 cm³/mol. The molecule has 0 aliphatic carbocycles. The summed E-state index contributed by atoms with van der Waals surface area (Å²) in [6.45, 7) is 1.16. The first kappa shape index (κ1) is 14.2. The second-order valence-electron chi connectivity index (χ2n) is 3.86. The molecule has 0 unspecified atom stereocenters. The molecule has 100 valence electrons. The smallest absolute Gasteiger partial charge is 0.119 e. The van der Waals surface area contributed by atoms with Gasteiger partial charge in [0.15, 0.2) is 0 Å². The number of halogens is 1. The molecule has 1 aromatic carbocycles. The molecule has 0 radical (unpaired) electrons. The Hall–Kier alpha value is -1.23. The Morgan fingerprint density at radius 3 is 2.89 bits per heavy atom. The molecule has 0 aliphatic heterocycles. The minimum absolute atomic E-state index is 0.528. The first-order chi connectivity index (χ1) is 9.28.